The van der Waals surface area contributed by atoms with Crippen molar-refractivity contribution in [1.29, 1.82) is 0 Å². The lowest BCUT2D eigenvalue weighted by Crippen LogP contribution is -2.05. The van der Waals surface area contributed by atoms with Crippen LogP contribution in [0, 0.1) is 0 Å². The predicted molar refractivity (Wildman–Crippen MR) is 106 cm³/mol. The minimum absolute atomic E-state index is 0.174. The number of ether oxygens (including phenoxy) is 1. The fourth-order valence-corrected chi connectivity index (χ4v) is 3.82. The number of carbonyl (C=O) groups is 1. The van der Waals surface area contributed by atoms with Crippen LogP contribution in [0.5, 0.6) is 0 Å². The Morgan fingerprint density at radius 3 is 2.70 bits per heavy atom. The van der Waals surface area contributed by atoms with E-state index in [4.69, 9.17) is 4.74 Å². The molecule has 2 aromatic heterocycles. The van der Waals surface area contributed by atoms with E-state index in [1.807, 2.05) is 54.7 Å². The van der Waals surface area contributed by atoms with Gasteiger partial charge in [-0.25, -0.2) is 9.67 Å². The molecule has 4 aromatic rings. The number of aryl methyl sites for hydroxylation is 1. The minimum atomic E-state index is -0.174. The molecule has 0 amide bonds. The molecule has 0 saturated heterocycles. The predicted octanol–water partition coefficient (Wildman–Crippen LogP) is 4.55. The number of aromatic nitrogens is 3. The van der Waals surface area contributed by atoms with Gasteiger partial charge < -0.3 is 4.74 Å². The Bertz CT molecular complexity index is 990. The van der Waals surface area contributed by atoms with E-state index in [9.17, 15) is 4.79 Å². The zero-order valence-corrected chi connectivity index (χ0v) is 15.6. The summed E-state index contributed by atoms with van der Waals surface area (Å²) in [5.41, 5.74) is 2.97. The molecule has 5 nitrogen and oxygen atoms in total. The molecular formula is C21H19N3O2S. The molecule has 0 N–H and O–H groups in total. The fourth-order valence-electron chi connectivity index (χ4n) is 2.81. The summed E-state index contributed by atoms with van der Waals surface area (Å²) >= 11 is 1.69. The van der Waals surface area contributed by atoms with Gasteiger partial charge in [-0.1, -0.05) is 24.3 Å². The second-order valence-electron chi connectivity index (χ2n) is 6.21. The van der Waals surface area contributed by atoms with E-state index in [0.717, 1.165) is 34.6 Å². The number of nitrogens with zero attached hydrogens (tertiary/aromatic N) is 3. The average molecular weight is 377 g/mol. The number of carbonyl (C=O) groups excluding carboxylic acids is 1. The summed E-state index contributed by atoms with van der Waals surface area (Å²) in [6, 6.07) is 17.8. The summed E-state index contributed by atoms with van der Waals surface area (Å²) in [6.07, 6.45) is 5.58. The number of esters is 1. The zero-order valence-electron chi connectivity index (χ0n) is 14.7. The van der Waals surface area contributed by atoms with E-state index < -0.39 is 0 Å². The van der Waals surface area contributed by atoms with Crippen molar-refractivity contribution in [2.45, 2.75) is 25.9 Å². The third-order valence-corrected chi connectivity index (χ3v) is 5.31. The van der Waals surface area contributed by atoms with Gasteiger partial charge in [0.05, 0.1) is 20.9 Å². The molecule has 0 saturated carbocycles. The van der Waals surface area contributed by atoms with E-state index in [0.29, 0.717) is 13.0 Å². The summed E-state index contributed by atoms with van der Waals surface area (Å²) < 4.78 is 8.36. The van der Waals surface area contributed by atoms with Crippen LogP contribution in [0.25, 0.3) is 15.9 Å². The van der Waals surface area contributed by atoms with Crippen LogP contribution < -0.4 is 0 Å². The van der Waals surface area contributed by atoms with Crippen molar-refractivity contribution in [1.82, 2.24) is 14.8 Å². The smallest absolute Gasteiger partial charge is 0.306 e. The van der Waals surface area contributed by atoms with Crippen molar-refractivity contribution in [3.63, 3.8) is 0 Å². The maximum absolute atomic E-state index is 12.0. The molecule has 0 aliphatic heterocycles. The Hall–Kier alpha value is -2.99. The molecular weight excluding hydrogens is 358 g/mol. The molecule has 0 spiro atoms. The van der Waals surface area contributed by atoms with E-state index in [2.05, 4.69) is 16.1 Å². The van der Waals surface area contributed by atoms with Crippen molar-refractivity contribution in [2.75, 3.05) is 0 Å². The van der Waals surface area contributed by atoms with E-state index in [1.165, 1.54) is 4.70 Å². The molecule has 4 rings (SSSR count). The molecule has 0 unspecified atom stereocenters. The van der Waals surface area contributed by atoms with Crippen LogP contribution in [0.1, 0.15) is 23.4 Å². The summed E-state index contributed by atoms with van der Waals surface area (Å²) in [5.74, 6) is -0.174. The van der Waals surface area contributed by atoms with Gasteiger partial charge in [0.2, 0.25) is 0 Å². The maximum atomic E-state index is 12.0. The molecule has 27 heavy (non-hydrogen) atoms. The number of para-hydroxylation sites is 1. The standard InChI is InChI=1S/C21H19N3O2S/c25-21(8-3-7-20-23-18-5-1-2-6-19(18)27-20)26-15-16-9-11-17(12-10-16)24-14-4-13-22-24/h1-2,4-6,9-14H,3,7-8,15H2. The first kappa shape index (κ1) is 17.4. The molecule has 0 aliphatic carbocycles. The monoisotopic (exact) mass is 377 g/mol. The highest BCUT2D eigenvalue weighted by Gasteiger charge is 2.07. The first-order chi connectivity index (χ1) is 13.3. The Kier molecular flexibility index (Phi) is 5.25. The molecule has 0 radical (unpaired) electrons. The van der Waals surface area contributed by atoms with Crippen molar-refractivity contribution < 1.29 is 9.53 Å². The van der Waals surface area contributed by atoms with Crippen LogP contribution in [0.2, 0.25) is 0 Å². The SMILES string of the molecule is O=C(CCCc1nc2ccccc2s1)OCc1ccc(-n2cccn2)cc1. The first-order valence-corrected chi connectivity index (χ1v) is 9.68. The molecule has 2 aromatic carbocycles. The number of fused-ring (bicyclic) bond motifs is 1. The van der Waals surface area contributed by atoms with Crippen molar-refractivity contribution in [3.8, 4) is 5.69 Å². The van der Waals surface area contributed by atoms with E-state index >= 15 is 0 Å². The van der Waals surface area contributed by atoms with Crippen LogP contribution in [0.3, 0.4) is 0 Å². The minimum Gasteiger partial charge on any atom is -0.461 e. The fraction of sp³-hybridized carbons (Fsp3) is 0.190. The van der Waals surface area contributed by atoms with Crippen LogP contribution in [0.4, 0.5) is 0 Å². The number of benzene rings is 2. The maximum Gasteiger partial charge on any atom is 0.306 e. The summed E-state index contributed by atoms with van der Waals surface area (Å²) in [5, 5.41) is 5.26. The molecule has 2 heterocycles. The summed E-state index contributed by atoms with van der Waals surface area (Å²) in [6.45, 7) is 0.291. The summed E-state index contributed by atoms with van der Waals surface area (Å²) in [7, 11) is 0. The van der Waals surface area contributed by atoms with Gasteiger partial charge in [0.1, 0.15) is 6.61 Å². The highest BCUT2D eigenvalue weighted by Crippen LogP contribution is 2.22. The molecule has 0 atom stereocenters. The largest absolute Gasteiger partial charge is 0.461 e. The van der Waals surface area contributed by atoms with Gasteiger partial charge in [-0.3, -0.25) is 4.79 Å². The normalized spacial score (nSPS) is 11.0. The summed E-state index contributed by atoms with van der Waals surface area (Å²) in [4.78, 5) is 16.6. The molecule has 6 heteroatoms. The highest BCUT2D eigenvalue weighted by molar-refractivity contribution is 7.18. The van der Waals surface area contributed by atoms with Gasteiger partial charge in [0.15, 0.2) is 0 Å². The van der Waals surface area contributed by atoms with Crippen LogP contribution in [-0.4, -0.2) is 20.7 Å². The first-order valence-electron chi connectivity index (χ1n) is 8.87. The Balaban J connectivity index is 1.22. The molecule has 136 valence electrons. The number of thiazole rings is 1. The van der Waals surface area contributed by atoms with Crippen LogP contribution in [-0.2, 0) is 22.6 Å². The van der Waals surface area contributed by atoms with Gasteiger partial charge in [0, 0.05) is 18.8 Å². The highest BCUT2D eigenvalue weighted by atomic mass is 32.1. The topological polar surface area (TPSA) is 57.0 Å². The van der Waals surface area contributed by atoms with Crippen molar-refractivity contribution in [3.05, 3.63) is 77.6 Å². The quantitative estimate of drug-likeness (QED) is 0.444. The second-order valence-corrected chi connectivity index (χ2v) is 7.32. The van der Waals surface area contributed by atoms with Gasteiger partial charge in [-0.2, -0.15) is 5.10 Å². The lowest BCUT2D eigenvalue weighted by Gasteiger charge is -2.06. The van der Waals surface area contributed by atoms with E-state index in [1.54, 1.807) is 22.2 Å². The molecule has 0 bridgehead atoms. The third-order valence-electron chi connectivity index (χ3n) is 4.21. The third kappa shape index (κ3) is 4.41. The van der Waals surface area contributed by atoms with Crippen molar-refractivity contribution >= 4 is 27.5 Å². The Labute approximate surface area is 161 Å². The average Bonchev–Trinajstić information content (AvgIpc) is 3.36. The zero-order chi connectivity index (χ0) is 18.5. The molecule has 0 aliphatic rings. The van der Waals surface area contributed by atoms with Gasteiger partial charge in [0.25, 0.3) is 0 Å². The van der Waals surface area contributed by atoms with Crippen molar-refractivity contribution in [2.24, 2.45) is 0 Å². The second kappa shape index (κ2) is 8.14. The lowest BCUT2D eigenvalue weighted by atomic mass is 10.2. The Morgan fingerprint density at radius 1 is 1.07 bits per heavy atom. The number of hydrogen-bond donors (Lipinski definition) is 0. The van der Waals surface area contributed by atoms with Crippen LogP contribution >= 0.6 is 11.3 Å². The number of rotatable bonds is 7. The molecule has 0 fully saturated rings. The van der Waals surface area contributed by atoms with Crippen LogP contribution in [0.15, 0.2) is 67.0 Å². The van der Waals surface area contributed by atoms with Gasteiger partial charge in [-0.15, -0.1) is 11.3 Å². The lowest BCUT2D eigenvalue weighted by molar-refractivity contribution is -0.145. The van der Waals surface area contributed by atoms with Gasteiger partial charge >= 0.3 is 5.97 Å². The van der Waals surface area contributed by atoms with E-state index in [-0.39, 0.29) is 5.97 Å². The Morgan fingerprint density at radius 2 is 1.93 bits per heavy atom. The van der Waals surface area contributed by atoms with Gasteiger partial charge in [-0.05, 0) is 48.7 Å². The number of hydrogen-bond acceptors (Lipinski definition) is 5.